The number of rotatable bonds is 1. The van der Waals surface area contributed by atoms with Crippen LogP contribution in [0.4, 0.5) is 0 Å². The van der Waals surface area contributed by atoms with E-state index in [1.807, 2.05) is 0 Å². The minimum Gasteiger partial charge on any atom is -0.454 e. The van der Waals surface area contributed by atoms with E-state index in [2.05, 4.69) is 63.3 Å². The first kappa shape index (κ1) is 17.3. The van der Waals surface area contributed by atoms with Crippen molar-refractivity contribution in [3.63, 3.8) is 0 Å². The lowest BCUT2D eigenvalue weighted by Gasteiger charge is -2.42. The quantitative estimate of drug-likeness (QED) is 0.600. The molecule has 29 heavy (non-hydrogen) atoms. The molecule has 3 heterocycles. The van der Waals surface area contributed by atoms with Crippen LogP contribution in [0.25, 0.3) is 5.70 Å². The van der Waals surface area contributed by atoms with Crippen LogP contribution in [0, 0.1) is 0 Å². The highest BCUT2D eigenvalue weighted by Crippen LogP contribution is 2.48. The maximum absolute atomic E-state index is 13.0. The van der Waals surface area contributed by atoms with E-state index in [0.29, 0.717) is 12.2 Å². The molecule has 146 valence electrons. The third-order valence-electron chi connectivity index (χ3n) is 6.39. The van der Waals surface area contributed by atoms with Crippen molar-refractivity contribution in [2.45, 2.75) is 31.6 Å². The fraction of sp³-hybridized carbons (Fsp3) is 0.292. The topological polar surface area (TPSA) is 38.8 Å². The molecule has 0 saturated heterocycles. The molecule has 6 rings (SSSR count). The first-order valence-corrected chi connectivity index (χ1v) is 10.9. The number of fused-ring (bicyclic) bond motifs is 5. The number of hydrogen-bond acceptors (Lipinski definition) is 4. The van der Waals surface area contributed by atoms with E-state index in [-0.39, 0.29) is 12.7 Å². The third-order valence-corrected chi connectivity index (χ3v) is 6.92. The molecule has 0 bridgehead atoms. The second-order valence-electron chi connectivity index (χ2n) is 7.98. The van der Waals surface area contributed by atoms with Crippen molar-refractivity contribution in [3.8, 4) is 11.5 Å². The predicted molar refractivity (Wildman–Crippen MR) is 114 cm³/mol. The van der Waals surface area contributed by atoms with E-state index in [0.717, 1.165) is 52.9 Å². The lowest BCUT2D eigenvalue weighted by molar-refractivity contribution is -0.116. The number of benzene rings is 2. The van der Waals surface area contributed by atoms with Crippen LogP contribution >= 0.6 is 15.9 Å². The van der Waals surface area contributed by atoms with Gasteiger partial charge in [-0.2, -0.15) is 0 Å². The van der Waals surface area contributed by atoms with Gasteiger partial charge in [-0.3, -0.25) is 4.79 Å². The van der Waals surface area contributed by atoms with Crippen LogP contribution in [0.2, 0.25) is 0 Å². The Morgan fingerprint density at radius 1 is 1.00 bits per heavy atom. The first-order valence-electron chi connectivity index (χ1n) is 10.1. The van der Waals surface area contributed by atoms with Crippen molar-refractivity contribution in [3.05, 3.63) is 74.9 Å². The molecule has 0 aromatic heterocycles. The Hall–Kier alpha value is -2.53. The van der Waals surface area contributed by atoms with Gasteiger partial charge in [0.15, 0.2) is 17.3 Å². The molecular weight excluding hydrogens is 430 g/mol. The van der Waals surface area contributed by atoms with Crippen LogP contribution in [0.3, 0.4) is 0 Å². The van der Waals surface area contributed by atoms with E-state index in [1.54, 1.807) is 0 Å². The van der Waals surface area contributed by atoms with Gasteiger partial charge in [0.2, 0.25) is 6.79 Å². The molecule has 2 aromatic carbocycles. The summed E-state index contributed by atoms with van der Waals surface area (Å²) < 4.78 is 12.3. The molecule has 1 atom stereocenters. The molecule has 5 heteroatoms. The van der Waals surface area contributed by atoms with E-state index in [1.165, 1.54) is 22.5 Å². The average Bonchev–Trinajstić information content (AvgIpc) is 3.19. The smallest absolute Gasteiger partial charge is 0.231 e. The first-order chi connectivity index (χ1) is 14.2. The van der Waals surface area contributed by atoms with Crippen LogP contribution < -0.4 is 9.47 Å². The lowest BCUT2D eigenvalue weighted by atomic mass is 9.77. The summed E-state index contributed by atoms with van der Waals surface area (Å²) in [6.45, 7) is 1.18. The second kappa shape index (κ2) is 6.49. The molecule has 0 amide bonds. The summed E-state index contributed by atoms with van der Waals surface area (Å²) in [5.74, 6) is 1.94. The highest BCUT2D eigenvalue weighted by molar-refractivity contribution is 9.10. The Balaban J connectivity index is 1.54. The van der Waals surface area contributed by atoms with E-state index in [9.17, 15) is 4.79 Å². The van der Waals surface area contributed by atoms with Crippen molar-refractivity contribution >= 4 is 27.4 Å². The molecule has 0 spiro atoms. The van der Waals surface area contributed by atoms with Crippen LogP contribution in [0.1, 0.15) is 41.9 Å². The highest BCUT2D eigenvalue weighted by atomic mass is 79.9. The van der Waals surface area contributed by atoms with Crippen LogP contribution in [-0.4, -0.2) is 24.0 Å². The van der Waals surface area contributed by atoms with E-state index in [4.69, 9.17) is 9.47 Å². The third kappa shape index (κ3) is 2.67. The number of ether oxygens (including phenoxy) is 2. The zero-order valence-corrected chi connectivity index (χ0v) is 17.5. The van der Waals surface area contributed by atoms with Gasteiger partial charge in [-0.1, -0.05) is 28.1 Å². The number of nitrogens with zero attached hydrogens (tertiary/aromatic N) is 1. The molecule has 4 aliphatic rings. The van der Waals surface area contributed by atoms with Crippen molar-refractivity contribution in [2.75, 3.05) is 13.3 Å². The maximum atomic E-state index is 13.0. The van der Waals surface area contributed by atoms with Crippen LogP contribution in [0.15, 0.2) is 58.2 Å². The largest absolute Gasteiger partial charge is 0.454 e. The SMILES string of the molecule is O=C1CCCC2=C1[C@@H](c1ccc(Br)cc1)C=C1c3cc4c(cc3CCN12)OCO4. The number of carbonyl (C=O) groups excluding carboxylic acids is 1. The molecule has 1 aliphatic carbocycles. The van der Waals surface area contributed by atoms with Crippen molar-refractivity contribution in [1.82, 2.24) is 4.90 Å². The summed E-state index contributed by atoms with van der Waals surface area (Å²) >= 11 is 3.53. The summed E-state index contributed by atoms with van der Waals surface area (Å²) in [7, 11) is 0. The average molecular weight is 450 g/mol. The molecular formula is C24H20BrNO3. The fourth-order valence-corrected chi connectivity index (χ4v) is 5.31. The molecule has 2 aromatic rings. The van der Waals surface area contributed by atoms with Gasteiger partial charge in [-0.25, -0.2) is 0 Å². The van der Waals surface area contributed by atoms with Gasteiger partial charge in [-0.05, 0) is 60.7 Å². The molecule has 0 fully saturated rings. The summed E-state index contributed by atoms with van der Waals surface area (Å²) in [6.07, 6.45) is 5.77. The Morgan fingerprint density at radius 3 is 2.62 bits per heavy atom. The fourth-order valence-electron chi connectivity index (χ4n) is 5.04. The normalized spacial score (nSPS) is 22.1. The molecule has 3 aliphatic heterocycles. The van der Waals surface area contributed by atoms with Gasteiger partial charge >= 0.3 is 0 Å². The lowest BCUT2D eigenvalue weighted by Crippen LogP contribution is -2.36. The minimum absolute atomic E-state index is 0.00600. The number of allylic oxidation sites excluding steroid dienone is 3. The molecule has 0 saturated carbocycles. The Morgan fingerprint density at radius 2 is 1.79 bits per heavy atom. The van der Waals surface area contributed by atoms with Crippen LogP contribution in [0.5, 0.6) is 11.5 Å². The Labute approximate surface area is 177 Å². The van der Waals surface area contributed by atoms with Gasteiger partial charge in [0.05, 0.1) is 0 Å². The monoisotopic (exact) mass is 449 g/mol. The summed E-state index contributed by atoms with van der Waals surface area (Å²) in [6, 6.07) is 12.6. The zero-order chi connectivity index (χ0) is 19.5. The van der Waals surface area contributed by atoms with Crippen LogP contribution in [-0.2, 0) is 11.2 Å². The second-order valence-corrected chi connectivity index (χ2v) is 8.90. The van der Waals surface area contributed by atoms with Gasteiger partial charge in [0.25, 0.3) is 0 Å². The molecule has 4 nitrogen and oxygen atoms in total. The van der Waals surface area contributed by atoms with Crippen molar-refractivity contribution in [2.24, 2.45) is 0 Å². The predicted octanol–water partition coefficient (Wildman–Crippen LogP) is 5.18. The summed E-state index contributed by atoms with van der Waals surface area (Å²) in [4.78, 5) is 15.4. The zero-order valence-electron chi connectivity index (χ0n) is 15.9. The standard InChI is InChI=1S/C24H20BrNO3/c25-16-6-4-14(5-7-16)18-11-20-17-12-23-22(28-13-29-23)10-15(17)8-9-26(20)19-2-1-3-21(27)24(18)19/h4-7,10-12,18H,1-3,8-9,13H2/t18-/m1/s1. The minimum atomic E-state index is -0.00600. The van der Waals surface area contributed by atoms with Crippen molar-refractivity contribution in [1.29, 1.82) is 0 Å². The number of hydrogen-bond donors (Lipinski definition) is 0. The molecule has 0 radical (unpaired) electrons. The highest BCUT2D eigenvalue weighted by Gasteiger charge is 2.38. The Kier molecular flexibility index (Phi) is 3.88. The maximum Gasteiger partial charge on any atom is 0.231 e. The molecule has 0 N–H and O–H groups in total. The van der Waals surface area contributed by atoms with Gasteiger partial charge in [-0.15, -0.1) is 0 Å². The number of ketones is 1. The van der Waals surface area contributed by atoms with Gasteiger partial charge in [0.1, 0.15) is 0 Å². The summed E-state index contributed by atoms with van der Waals surface area (Å²) in [5, 5.41) is 0. The number of halogens is 1. The van der Waals surface area contributed by atoms with E-state index >= 15 is 0 Å². The van der Waals surface area contributed by atoms with Gasteiger partial charge in [0, 0.05) is 45.9 Å². The Bertz CT molecular complexity index is 1100. The van der Waals surface area contributed by atoms with Crippen molar-refractivity contribution < 1.29 is 14.3 Å². The van der Waals surface area contributed by atoms with Gasteiger partial charge < -0.3 is 14.4 Å². The molecule has 0 unspecified atom stereocenters. The summed E-state index contributed by atoms with van der Waals surface area (Å²) in [5.41, 5.74) is 7.06. The number of Topliss-reactive ketones (excluding diaryl/α,β-unsaturated/α-hetero) is 1. The van der Waals surface area contributed by atoms with E-state index < -0.39 is 0 Å². The number of carbonyl (C=O) groups is 1.